The van der Waals surface area contributed by atoms with Gasteiger partial charge >= 0.3 is 0 Å². The second kappa shape index (κ2) is 6.38. The predicted molar refractivity (Wildman–Crippen MR) is 84.4 cm³/mol. The zero-order valence-corrected chi connectivity index (χ0v) is 12.7. The molecule has 0 radical (unpaired) electrons. The van der Waals surface area contributed by atoms with E-state index in [9.17, 15) is 0 Å². The molecule has 1 fully saturated rings. The minimum absolute atomic E-state index is 0.542. The van der Waals surface area contributed by atoms with Crippen LogP contribution in [0, 0.1) is 5.92 Å². The van der Waals surface area contributed by atoms with E-state index in [1.165, 1.54) is 29.5 Å². The molecule has 19 heavy (non-hydrogen) atoms. The molecule has 0 heterocycles. The Labute approximate surface area is 118 Å². The van der Waals surface area contributed by atoms with E-state index in [1.807, 2.05) is 0 Å². The van der Waals surface area contributed by atoms with Crippen molar-refractivity contribution in [3.05, 3.63) is 41.0 Å². The third-order valence-electron chi connectivity index (χ3n) is 3.77. The van der Waals surface area contributed by atoms with Gasteiger partial charge in [-0.2, -0.15) is 0 Å². The molecule has 1 aliphatic rings. The van der Waals surface area contributed by atoms with Gasteiger partial charge in [0.1, 0.15) is 0 Å². The summed E-state index contributed by atoms with van der Waals surface area (Å²) in [6.45, 7) is 9.94. The second-order valence-corrected chi connectivity index (χ2v) is 6.35. The van der Waals surface area contributed by atoms with Crippen molar-refractivity contribution in [1.29, 1.82) is 0 Å². The van der Waals surface area contributed by atoms with Crippen molar-refractivity contribution in [2.45, 2.75) is 52.5 Å². The number of rotatable bonds is 6. The maximum absolute atomic E-state index is 3.53. The molecule has 1 aliphatic carbocycles. The van der Waals surface area contributed by atoms with E-state index in [4.69, 9.17) is 0 Å². The highest BCUT2D eigenvalue weighted by molar-refractivity contribution is 5.55. The monoisotopic (exact) mass is 257 g/mol. The molecule has 0 atom stereocenters. The lowest BCUT2D eigenvalue weighted by Gasteiger charge is -2.15. The van der Waals surface area contributed by atoms with Crippen LogP contribution >= 0.6 is 0 Å². The first kappa shape index (κ1) is 14.3. The van der Waals surface area contributed by atoms with E-state index in [1.54, 1.807) is 0 Å². The Morgan fingerprint density at radius 2 is 2.00 bits per heavy atom. The molecule has 1 aromatic carbocycles. The lowest BCUT2D eigenvalue weighted by molar-refractivity contribution is 0.593. The summed E-state index contributed by atoms with van der Waals surface area (Å²) < 4.78 is 0. The van der Waals surface area contributed by atoms with Crippen LogP contribution in [0.2, 0.25) is 0 Å². The molecule has 1 saturated carbocycles. The van der Waals surface area contributed by atoms with Crippen molar-refractivity contribution >= 4 is 6.08 Å². The average molecular weight is 257 g/mol. The number of benzene rings is 1. The molecule has 1 heteroatoms. The number of hydrogen-bond donors (Lipinski definition) is 1. The van der Waals surface area contributed by atoms with E-state index in [0.717, 1.165) is 12.5 Å². The third-order valence-corrected chi connectivity index (χ3v) is 3.77. The Morgan fingerprint density at radius 1 is 1.26 bits per heavy atom. The molecule has 1 nitrogen and oxygen atoms in total. The van der Waals surface area contributed by atoms with Gasteiger partial charge in [-0.25, -0.2) is 0 Å². The highest BCUT2D eigenvalue weighted by Gasteiger charge is 2.23. The van der Waals surface area contributed by atoms with Crippen LogP contribution in [0.3, 0.4) is 0 Å². The van der Waals surface area contributed by atoms with Gasteiger partial charge in [0.05, 0.1) is 0 Å². The maximum atomic E-state index is 3.53. The third kappa shape index (κ3) is 4.50. The predicted octanol–water partition coefficient (Wildman–Crippen LogP) is 4.60. The quantitative estimate of drug-likeness (QED) is 0.785. The van der Waals surface area contributed by atoms with E-state index in [0.29, 0.717) is 12.0 Å². The zero-order valence-electron chi connectivity index (χ0n) is 12.7. The summed E-state index contributed by atoms with van der Waals surface area (Å²) in [6, 6.07) is 9.61. The van der Waals surface area contributed by atoms with Crippen LogP contribution in [0.4, 0.5) is 0 Å². The summed E-state index contributed by atoms with van der Waals surface area (Å²) in [4.78, 5) is 0. The van der Waals surface area contributed by atoms with Gasteiger partial charge in [-0.1, -0.05) is 63.6 Å². The summed E-state index contributed by atoms with van der Waals surface area (Å²) in [7, 11) is 0. The summed E-state index contributed by atoms with van der Waals surface area (Å²) in [5.41, 5.74) is 4.37. The van der Waals surface area contributed by atoms with Crippen molar-refractivity contribution in [1.82, 2.24) is 5.32 Å². The van der Waals surface area contributed by atoms with Crippen LogP contribution in [-0.4, -0.2) is 12.6 Å². The maximum Gasteiger partial charge on any atom is 0.0172 e. The number of nitrogens with one attached hydrogen (secondary N) is 1. The first-order valence-corrected chi connectivity index (χ1v) is 7.60. The minimum Gasteiger partial charge on any atom is -0.311 e. The molecular formula is C18H27N. The largest absolute Gasteiger partial charge is 0.311 e. The van der Waals surface area contributed by atoms with E-state index in [2.05, 4.69) is 63.4 Å². The SMILES string of the molecule is CC(C)NCC(=Cc1cccc(C2CC2)c1)C(C)C. The normalized spacial score (nSPS) is 16.4. The highest BCUT2D eigenvalue weighted by atomic mass is 14.9. The van der Waals surface area contributed by atoms with Crippen molar-refractivity contribution in [3.63, 3.8) is 0 Å². The lowest BCUT2D eigenvalue weighted by atomic mass is 9.98. The van der Waals surface area contributed by atoms with Crippen LogP contribution in [0.15, 0.2) is 29.8 Å². The van der Waals surface area contributed by atoms with E-state index < -0.39 is 0 Å². The first-order valence-electron chi connectivity index (χ1n) is 7.60. The van der Waals surface area contributed by atoms with Crippen LogP contribution < -0.4 is 5.32 Å². The molecule has 2 rings (SSSR count). The molecule has 1 aromatic rings. The zero-order chi connectivity index (χ0) is 13.8. The van der Waals surface area contributed by atoms with Crippen molar-refractivity contribution in [2.24, 2.45) is 5.92 Å². The van der Waals surface area contributed by atoms with E-state index in [-0.39, 0.29) is 0 Å². The van der Waals surface area contributed by atoms with Crippen molar-refractivity contribution in [2.75, 3.05) is 6.54 Å². The Balaban J connectivity index is 2.12. The van der Waals surface area contributed by atoms with Gasteiger partial charge in [0.25, 0.3) is 0 Å². The van der Waals surface area contributed by atoms with E-state index >= 15 is 0 Å². The standard InChI is InChI=1S/C18H27N/c1-13(2)18(12-19-14(3)4)11-15-6-5-7-17(10-15)16-8-9-16/h5-7,10-11,13-14,16,19H,8-9,12H2,1-4H3. The van der Waals surface area contributed by atoms with Gasteiger partial charge in [0.2, 0.25) is 0 Å². The second-order valence-electron chi connectivity index (χ2n) is 6.35. The summed E-state index contributed by atoms with van der Waals surface area (Å²) >= 11 is 0. The molecule has 0 aromatic heterocycles. The Morgan fingerprint density at radius 3 is 2.58 bits per heavy atom. The fourth-order valence-corrected chi connectivity index (χ4v) is 2.28. The minimum atomic E-state index is 0.542. The summed E-state index contributed by atoms with van der Waals surface area (Å²) in [6.07, 6.45) is 5.12. The molecule has 104 valence electrons. The van der Waals surface area contributed by atoms with Gasteiger partial charge < -0.3 is 5.32 Å². The molecule has 0 spiro atoms. The van der Waals surface area contributed by atoms with Gasteiger partial charge in [-0.05, 0) is 35.8 Å². The Kier molecular flexibility index (Phi) is 4.81. The average Bonchev–Trinajstić information content (AvgIpc) is 3.18. The lowest BCUT2D eigenvalue weighted by Crippen LogP contribution is -2.26. The first-order chi connectivity index (χ1) is 9.06. The molecule has 1 N–H and O–H groups in total. The van der Waals surface area contributed by atoms with Crippen LogP contribution in [0.5, 0.6) is 0 Å². The molecule has 0 unspecified atom stereocenters. The van der Waals surface area contributed by atoms with Gasteiger partial charge in [0, 0.05) is 12.6 Å². The number of hydrogen-bond acceptors (Lipinski definition) is 1. The molecule has 0 saturated heterocycles. The van der Waals surface area contributed by atoms with Crippen LogP contribution in [0.1, 0.15) is 57.6 Å². The Bertz CT molecular complexity index is 439. The van der Waals surface area contributed by atoms with Gasteiger partial charge in [-0.3, -0.25) is 0 Å². The molecule has 0 amide bonds. The van der Waals surface area contributed by atoms with Crippen molar-refractivity contribution < 1.29 is 0 Å². The van der Waals surface area contributed by atoms with Gasteiger partial charge in [-0.15, -0.1) is 0 Å². The van der Waals surface area contributed by atoms with Crippen LogP contribution in [-0.2, 0) is 0 Å². The molecule has 0 aliphatic heterocycles. The summed E-state index contributed by atoms with van der Waals surface area (Å²) in [5, 5.41) is 3.53. The highest BCUT2D eigenvalue weighted by Crippen LogP contribution is 2.40. The summed E-state index contributed by atoms with van der Waals surface area (Å²) in [5.74, 6) is 1.43. The molecule has 0 bridgehead atoms. The van der Waals surface area contributed by atoms with Crippen LogP contribution in [0.25, 0.3) is 6.08 Å². The molecular weight excluding hydrogens is 230 g/mol. The fourth-order valence-electron chi connectivity index (χ4n) is 2.28. The smallest absolute Gasteiger partial charge is 0.0172 e. The van der Waals surface area contributed by atoms with Gasteiger partial charge in [0.15, 0.2) is 0 Å². The topological polar surface area (TPSA) is 12.0 Å². The van der Waals surface area contributed by atoms with Crippen molar-refractivity contribution in [3.8, 4) is 0 Å². The fraction of sp³-hybridized carbons (Fsp3) is 0.556. The Hall–Kier alpha value is -1.08.